The van der Waals surface area contributed by atoms with E-state index in [1.54, 1.807) is 11.3 Å². The van der Waals surface area contributed by atoms with Crippen LogP contribution in [0.5, 0.6) is 0 Å². The topological polar surface area (TPSA) is 38.3 Å². The lowest BCUT2D eigenvalue weighted by Gasteiger charge is -2.23. The van der Waals surface area contributed by atoms with Gasteiger partial charge < -0.3 is 10.1 Å². The molecule has 0 radical (unpaired) electrons. The van der Waals surface area contributed by atoms with E-state index in [4.69, 9.17) is 4.74 Å². The van der Waals surface area contributed by atoms with Gasteiger partial charge in [0.05, 0.1) is 12.5 Å². The maximum atomic E-state index is 11.6. The molecule has 0 saturated heterocycles. The third kappa shape index (κ3) is 4.42. The first-order valence-electron chi connectivity index (χ1n) is 6.49. The molecule has 3 nitrogen and oxygen atoms in total. The van der Waals surface area contributed by atoms with Crippen LogP contribution in [0.4, 0.5) is 0 Å². The third-order valence-corrected chi connectivity index (χ3v) is 3.80. The number of esters is 1. The van der Waals surface area contributed by atoms with Gasteiger partial charge in [-0.1, -0.05) is 26.8 Å². The van der Waals surface area contributed by atoms with Crippen molar-refractivity contribution in [3.63, 3.8) is 0 Å². The Morgan fingerprint density at radius 1 is 1.44 bits per heavy atom. The molecule has 1 N–H and O–H groups in total. The average Bonchev–Trinajstić information content (AvgIpc) is 2.82. The van der Waals surface area contributed by atoms with Gasteiger partial charge >= 0.3 is 5.97 Å². The molecular formula is C14H23NO2S. The summed E-state index contributed by atoms with van der Waals surface area (Å²) in [6.07, 6.45) is 0. The van der Waals surface area contributed by atoms with Gasteiger partial charge in [-0.2, -0.15) is 0 Å². The molecule has 102 valence electrons. The highest BCUT2D eigenvalue weighted by molar-refractivity contribution is 7.10. The largest absolute Gasteiger partial charge is 0.466 e. The minimum Gasteiger partial charge on any atom is -0.466 e. The Labute approximate surface area is 114 Å². The maximum Gasteiger partial charge on any atom is 0.309 e. The quantitative estimate of drug-likeness (QED) is 0.772. The molecule has 1 rings (SSSR count). The molecule has 0 spiro atoms. The number of ether oxygens (including phenoxy) is 1. The lowest BCUT2D eigenvalue weighted by atomic mass is 10.0. The van der Waals surface area contributed by atoms with E-state index in [1.807, 2.05) is 13.8 Å². The Hall–Kier alpha value is -0.870. The summed E-state index contributed by atoms with van der Waals surface area (Å²) in [7, 11) is 0. The van der Waals surface area contributed by atoms with Crippen LogP contribution in [0.2, 0.25) is 0 Å². The normalized spacial score (nSPS) is 14.5. The zero-order valence-corrected chi connectivity index (χ0v) is 12.4. The number of hydrogen-bond acceptors (Lipinski definition) is 4. The van der Waals surface area contributed by atoms with Crippen molar-refractivity contribution >= 4 is 17.3 Å². The van der Waals surface area contributed by atoms with Crippen molar-refractivity contribution in [1.82, 2.24) is 5.32 Å². The van der Waals surface area contributed by atoms with Gasteiger partial charge in [-0.05, 0) is 24.3 Å². The molecule has 0 aliphatic rings. The summed E-state index contributed by atoms with van der Waals surface area (Å²) in [5, 5.41) is 5.55. The molecule has 2 atom stereocenters. The van der Waals surface area contributed by atoms with Crippen LogP contribution < -0.4 is 5.32 Å². The first kappa shape index (κ1) is 15.2. The van der Waals surface area contributed by atoms with Crippen LogP contribution in [0, 0.1) is 11.8 Å². The monoisotopic (exact) mass is 269 g/mol. The first-order chi connectivity index (χ1) is 8.56. The van der Waals surface area contributed by atoms with Crippen molar-refractivity contribution < 1.29 is 9.53 Å². The second kappa shape index (κ2) is 7.54. The Morgan fingerprint density at radius 2 is 2.17 bits per heavy atom. The molecule has 0 fully saturated rings. The summed E-state index contributed by atoms with van der Waals surface area (Å²) in [5.41, 5.74) is 0. The maximum absolute atomic E-state index is 11.6. The summed E-state index contributed by atoms with van der Waals surface area (Å²) in [6.45, 7) is 9.21. The molecule has 0 aliphatic heterocycles. The van der Waals surface area contributed by atoms with Gasteiger partial charge in [0.15, 0.2) is 0 Å². The van der Waals surface area contributed by atoms with Crippen molar-refractivity contribution in [3.05, 3.63) is 22.4 Å². The number of carbonyl (C=O) groups excluding carboxylic acids is 1. The smallest absolute Gasteiger partial charge is 0.309 e. The average molecular weight is 269 g/mol. The van der Waals surface area contributed by atoms with E-state index in [9.17, 15) is 4.79 Å². The Balaban J connectivity index is 2.51. The van der Waals surface area contributed by atoms with E-state index in [0.29, 0.717) is 25.1 Å². The number of hydrogen-bond donors (Lipinski definition) is 1. The van der Waals surface area contributed by atoms with Crippen molar-refractivity contribution in [3.8, 4) is 0 Å². The van der Waals surface area contributed by atoms with Crippen molar-refractivity contribution in [2.75, 3.05) is 13.2 Å². The summed E-state index contributed by atoms with van der Waals surface area (Å²) >= 11 is 1.75. The van der Waals surface area contributed by atoms with Gasteiger partial charge in [0.2, 0.25) is 0 Å². The predicted octanol–water partition coefficient (Wildman–Crippen LogP) is 3.23. The highest BCUT2D eigenvalue weighted by Gasteiger charge is 2.20. The molecule has 1 aromatic rings. The van der Waals surface area contributed by atoms with Crippen LogP contribution in [0.3, 0.4) is 0 Å². The molecule has 4 heteroatoms. The number of carbonyl (C=O) groups is 1. The van der Waals surface area contributed by atoms with Crippen LogP contribution in [0.15, 0.2) is 17.5 Å². The molecule has 0 aliphatic carbocycles. The van der Waals surface area contributed by atoms with E-state index < -0.39 is 0 Å². The van der Waals surface area contributed by atoms with Crippen molar-refractivity contribution in [2.24, 2.45) is 11.8 Å². The fourth-order valence-corrected chi connectivity index (χ4v) is 2.78. The second-order valence-electron chi connectivity index (χ2n) is 4.80. The van der Waals surface area contributed by atoms with Gasteiger partial charge in [0.25, 0.3) is 0 Å². The third-order valence-electron chi connectivity index (χ3n) is 2.85. The van der Waals surface area contributed by atoms with Gasteiger partial charge in [-0.25, -0.2) is 0 Å². The molecule has 18 heavy (non-hydrogen) atoms. The van der Waals surface area contributed by atoms with Crippen LogP contribution in [0.1, 0.15) is 38.6 Å². The lowest BCUT2D eigenvalue weighted by Crippen LogP contribution is -2.32. The van der Waals surface area contributed by atoms with Crippen LogP contribution in [-0.4, -0.2) is 19.1 Å². The minimum atomic E-state index is -0.126. The highest BCUT2D eigenvalue weighted by Crippen LogP contribution is 2.25. The Morgan fingerprint density at radius 3 is 2.67 bits per heavy atom. The Bertz CT molecular complexity index is 349. The van der Waals surface area contributed by atoms with E-state index in [1.165, 1.54) is 4.88 Å². The fraction of sp³-hybridized carbons (Fsp3) is 0.643. The summed E-state index contributed by atoms with van der Waals surface area (Å²) in [5.74, 6) is 0.267. The van der Waals surface area contributed by atoms with E-state index in [0.717, 1.165) is 0 Å². The molecule has 1 aromatic heterocycles. The van der Waals surface area contributed by atoms with Crippen LogP contribution >= 0.6 is 11.3 Å². The van der Waals surface area contributed by atoms with Gasteiger partial charge in [-0.3, -0.25) is 4.79 Å². The molecule has 0 saturated carbocycles. The molecule has 0 bridgehead atoms. The summed E-state index contributed by atoms with van der Waals surface area (Å²) in [6, 6.07) is 4.50. The Kier molecular flexibility index (Phi) is 6.36. The van der Waals surface area contributed by atoms with E-state index in [-0.39, 0.29) is 11.9 Å². The van der Waals surface area contributed by atoms with Crippen LogP contribution in [-0.2, 0) is 9.53 Å². The van der Waals surface area contributed by atoms with E-state index >= 15 is 0 Å². The summed E-state index contributed by atoms with van der Waals surface area (Å²) < 4.78 is 5.01. The zero-order chi connectivity index (χ0) is 13.5. The minimum absolute atomic E-state index is 0.105. The SMILES string of the molecule is CCOC(=O)C(C)CNC(c1cccs1)C(C)C. The molecule has 0 amide bonds. The second-order valence-corrected chi connectivity index (χ2v) is 5.78. The molecule has 1 heterocycles. The van der Waals surface area contributed by atoms with Crippen molar-refractivity contribution in [1.29, 1.82) is 0 Å². The first-order valence-corrected chi connectivity index (χ1v) is 7.37. The number of thiophene rings is 1. The van der Waals surface area contributed by atoms with Gasteiger partial charge in [-0.15, -0.1) is 11.3 Å². The molecule has 2 unspecified atom stereocenters. The van der Waals surface area contributed by atoms with Gasteiger partial charge in [0, 0.05) is 17.5 Å². The lowest BCUT2D eigenvalue weighted by molar-refractivity contribution is -0.147. The summed E-state index contributed by atoms with van der Waals surface area (Å²) in [4.78, 5) is 12.9. The number of rotatable bonds is 7. The van der Waals surface area contributed by atoms with Crippen LogP contribution in [0.25, 0.3) is 0 Å². The standard InChI is InChI=1S/C14H23NO2S/c1-5-17-14(16)11(4)9-15-13(10(2)3)12-7-6-8-18-12/h6-8,10-11,13,15H,5,9H2,1-4H3. The highest BCUT2D eigenvalue weighted by atomic mass is 32.1. The van der Waals surface area contributed by atoms with E-state index in [2.05, 4.69) is 36.7 Å². The number of nitrogens with one attached hydrogen (secondary N) is 1. The van der Waals surface area contributed by atoms with Crippen molar-refractivity contribution in [2.45, 2.75) is 33.7 Å². The fourth-order valence-electron chi connectivity index (χ4n) is 1.80. The molecular weight excluding hydrogens is 246 g/mol. The van der Waals surface area contributed by atoms with Gasteiger partial charge in [0.1, 0.15) is 0 Å². The predicted molar refractivity (Wildman–Crippen MR) is 75.7 cm³/mol. The zero-order valence-electron chi connectivity index (χ0n) is 11.6. The molecule has 0 aromatic carbocycles.